The normalized spacial score (nSPS) is 10.9. The van der Waals surface area contributed by atoms with E-state index in [0.29, 0.717) is 41.7 Å². The van der Waals surface area contributed by atoms with Gasteiger partial charge < -0.3 is 19.0 Å². The van der Waals surface area contributed by atoms with Gasteiger partial charge in [-0.25, -0.2) is 4.39 Å². The first-order valence-corrected chi connectivity index (χ1v) is 12.8. The lowest BCUT2D eigenvalue weighted by atomic mass is 10.1. The van der Waals surface area contributed by atoms with Crippen LogP contribution < -0.4 is 5.43 Å². The number of rotatable bonds is 12. The van der Waals surface area contributed by atoms with Crippen LogP contribution in [0.3, 0.4) is 0 Å². The minimum absolute atomic E-state index is 0.0256. The molecule has 0 atom stereocenters. The van der Waals surface area contributed by atoms with Crippen LogP contribution in [0.2, 0.25) is 0 Å². The molecule has 39 heavy (non-hydrogen) atoms. The van der Waals surface area contributed by atoms with Crippen LogP contribution in [0.5, 0.6) is 0 Å². The summed E-state index contributed by atoms with van der Waals surface area (Å²) in [5.74, 6) is -0.911. The van der Waals surface area contributed by atoms with E-state index in [2.05, 4.69) is 0 Å². The van der Waals surface area contributed by atoms with E-state index in [0.717, 1.165) is 5.56 Å². The predicted molar refractivity (Wildman–Crippen MR) is 146 cm³/mol. The van der Waals surface area contributed by atoms with Gasteiger partial charge in [0.2, 0.25) is 11.8 Å². The highest BCUT2D eigenvalue weighted by Crippen LogP contribution is 2.15. The number of para-hydroxylation sites is 1. The van der Waals surface area contributed by atoms with Gasteiger partial charge in [0.05, 0.1) is 36.7 Å². The lowest BCUT2D eigenvalue weighted by molar-refractivity contribution is -0.141. The van der Waals surface area contributed by atoms with Crippen molar-refractivity contribution >= 4 is 22.8 Å². The first-order valence-electron chi connectivity index (χ1n) is 12.8. The van der Waals surface area contributed by atoms with Gasteiger partial charge in [-0.15, -0.1) is 0 Å². The molecule has 0 bridgehead atoms. The minimum atomic E-state index is -0.386. The standard InChI is InChI=1S/C31H31FN2O5/c1-38-17-7-16-33(29(35)18-23-8-3-2-4-9-23)21-30(36)34(19-24-12-14-26(32)15-13-24)20-25-22-39-28-11-6-5-10-27(28)31(25)37/h2-6,8-15,22H,7,16-21H2,1H3. The summed E-state index contributed by atoms with van der Waals surface area (Å²) in [5, 5.41) is 0.420. The van der Waals surface area contributed by atoms with Crippen molar-refractivity contribution in [2.45, 2.75) is 25.9 Å². The number of halogens is 1. The van der Waals surface area contributed by atoms with Crippen LogP contribution >= 0.6 is 0 Å². The number of methoxy groups -OCH3 is 1. The highest BCUT2D eigenvalue weighted by Gasteiger charge is 2.23. The lowest BCUT2D eigenvalue weighted by Crippen LogP contribution is -2.44. The van der Waals surface area contributed by atoms with E-state index in [-0.39, 0.29) is 49.1 Å². The maximum absolute atomic E-state index is 13.7. The number of fused-ring (bicyclic) bond motifs is 1. The molecule has 202 valence electrons. The summed E-state index contributed by atoms with van der Waals surface area (Å²) < 4.78 is 24.3. The van der Waals surface area contributed by atoms with E-state index in [1.54, 1.807) is 43.5 Å². The second-order valence-electron chi connectivity index (χ2n) is 9.29. The quantitative estimate of drug-likeness (QED) is 0.251. The van der Waals surface area contributed by atoms with Crippen LogP contribution in [0.15, 0.2) is 94.3 Å². The number of carbonyl (C=O) groups is 2. The average molecular weight is 531 g/mol. The molecule has 0 aliphatic heterocycles. The van der Waals surface area contributed by atoms with Gasteiger partial charge in [-0.05, 0) is 41.8 Å². The van der Waals surface area contributed by atoms with Gasteiger partial charge in [0.25, 0.3) is 0 Å². The lowest BCUT2D eigenvalue weighted by Gasteiger charge is -2.28. The summed E-state index contributed by atoms with van der Waals surface area (Å²) in [6, 6.07) is 22.1. The third kappa shape index (κ3) is 7.61. The molecule has 0 saturated carbocycles. The second-order valence-corrected chi connectivity index (χ2v) is 9.29. The van der Waals surface area contributed by atoms with Gasteiger partial charge in [0.15, 0.2) is 5.43 Å². The number of benzene rings is 3. The molecule has 0 aliphatic rings. The molecular formula is C31H31FN2O5. The number of hydrogen-bond donors (Lipinski definition) is 0. The molecule has 7 nitrogen and oxygen atoms in total. The van der Waals surface area contributed by atoms with E-state index < -0.39 is 0 Å². The van der Waals surface area contributed by atoms with Crippen molar-refractivity contribution in [2.24, 2.45) is 0 Å². The Labute approximate surface area is 226 Å². The molecule has 3 aromatic carbocycles. The first-order chi connectivity index (χ1) is 18.9. The summed E-state index contributed by atoms with van der Waals surface area (Å²) in [7, 11) is 1.58. The zero-order valence-electron chi connectivity index (χ0n) is 21.8. The third-order valence-corrected chi connectivity index (χ3v) is 6.41. The van der Waals surface area contributed by atoms with Crippen molar-refractivity contribution in [3.8, 4) is 0 Å². The van der Waals surface area contributed by atoms with E-state index in [1.165, 1.54) is 28.2 Å². The number of amides is 2. The van der Waals surface area contributed by atoms with Crippen LogP contribution in [-0.2, 0) is 33.8 Å². The van der Waals surface area contributed by atoms with Crippen LogP contribution in [-0.4, -0.2) is 48.4 Å². The molecule has 0 aliphatic carbocycles. The molecule has 1 aromatic heterocycles. The molecule has 0 spiro atoms. The van der Waals surface area contributed by atoms with Gasteiger partial charge >= 0.3 is 0 Å². The highest BCUT2D eigenvalue weighted by atomic mass is 19.1. The summed E-state index contributed by atoms with van der Waals surface area (Å²) in [6.45, 7) is 0.719. The van der Waals surface area contributed by atoms with Gasteiger partial charge in [-0.2, -0.15) is 0 Å². The van der Waals surface area contributed by atoms with Crippen molar-refractivity contribution in [1.82, 2.24) is 9.80 Å². The Morgan fingerprint density at radius 1 is 0.846 bits per heavy atom. The number of nitrogens with zero attached hydrogens (tertiary/aromatic N) is 2. The Bertz CT molecular complexity index is 1450. The van der Waals surface area contributed by atoms with Crippen molar-refractivity contribution in [3.05, 3.63) is 118 Å². The van der Waals surface area contributed by atoms with Crippen LogP contribution in [0.4, 0.5) is 4.39 Å². The predicted octanol–water partition coefficient (Wildman–Crippen LogP) is 4.57. The Balaban J connectivity index is 1.58. The minimum Gasteiger partial charge on any atom is -0.464 e. The maximum atomic E-state index is 13.7. The molecule has 2 amide bonds. The number of ether oxygens (including phenoxy) is 1. The Morgan fingerprint density at radius 3 is 2.31 bits per heavy atom. The SMILES string of the molecule is COCCCN(CC(=O)N(Cc1ccc(F)cc1)Cc1coc2ccccc2c1=O)C(=O)Cc1ccccc1. The van der Waals surface area contributed by atoms with Crippen molar-refractivity contribution in [1.29, 1.82) is 0 Å². The zero-order chi connectivity index (χ0) is 27.6. The molecule has 0 radical (unpaired) electrons. The van der Waals surface area contributed by atoms with Crippen LogP contribution in [0, 0.1) is 5.82 Å². The fraction of sp³-hybridized carbons (Fsp3) is 0.258. The molecule has 8 heteroatoms. The largest absolute Gasteiger partial charge is 0.464 e. The Hall–Kier alpha value is -4.30. The van der Waals surface area contributed by atoms with E-state index in [1.807, 2.05) is 30.3 Å². The van der Waals surface area contributed by atoms with E-state index >= 15 is 0 Å². The van der Waals surface area contributed by atoms with Gasteiger partial charge in [0, 0.05) is 26.8 Å². The fourth-order valence-electron chi connectivity index (χ4n) is 4.31. The summed E-state index contributed by atoms with van der Waals surface area (Å²) in [4.78, 5) is 43.1. The van der Waals surface area contributed by atoms with E-state index in [4.69, 9.17) is 9.15 Å². The number of carbonyl (C=O) groups excluding carboxylic acids is 2. The third-order valence-electron chi connectivity index (χ3n) is 6.41. The molecule has 4 rings (SSSR count). The average Bonchev–Trinajstić information content (AvgIpc) is 2.95. The summed E-state index contributed by atoms with van der Waals surface area (Å²) >= 11 is 0. The molecule has 0 fully saturated rings. The molecule has 0 saturated heterocycles. The summed E-state index contributed by atoms with van der Waals surface area (Å²) in [6.07, 6.45) is 2.09. The highest BCUT2D eigenvalue weighted by molar-refractivity contribution is 5.86. The first kappa shape index (κ1) is 27.7. The molecule has 4 aromatic rings. The molecular weight excluding hydrogens is 499 g/mol. The van der Waals surface area contributed by atoms with Gasteiger partial charge in [-0.1, -0.05) is 54.6 Å². The van der Waals surface area contributed by atoms with Crippen molar-refractivity contribution < 1.29 is 23.1 Å². The monoisotopic (exact) mass is 530 g/mol. The number of hydrogen-bond acceptors (Lipinski definition) is 5. The summed E-state index contributed by atoms with van der Waals surface area (Å²) in [5.41, 5.74) is 2.08. The van der Waals surface area contributed by atoms with Crippen LogP contribution in [0.25, 0.3) is 11.0 Å². The van der Waals surface area contributed by atoms with Crippen molar-refractivity contribution in [3.63, 3.8) is 0 Å². The molecule has 0 N–H and O–H groups in total. The van der Waals surface area contributed by atoms with Gasteiger partial charge in [-0.3, -0.25) is 14.4 Å². The van der Waals surface area contributed by atoms with Crippen molar-refractivity contribution in [2.75, 3.05) is 26.8 Å². The fourth-order valence-corrected chi connectivity index (χ4v) is 4.31. The zero-order valence-corrected chi connectivity index (χ0v) is 21.8. The smallest absolute Gasteiger partial charge is 0.242 e. The molecule has 1 heterocycles. The van der Waals surface area contributed by atoms with Crippen LogP contribution in [0.1, 0.15) is 23.1 Å². The Morgan fingerprint density at radius 2 is 1.56 bits per heavy atom. The van der Waals surface area contributed by atoms with Gasteiger partial charge in [0.1, 0.15) is 11.4 Å². The second kappa shape index (κ2) is 13.5. The Kier molecular flexibility index (Phi) is 9.58. The maximum Gasteiger partial charge on any atom is 0.242 e. The van der Waals surface area contributed by atoms with E-state index in [9.17, 15) is 18.8 Å². The topological polar surface area (TPSA) is 80.1 Å². The molecule has 0 unspecified atom stereocenters.